The Bertz CT molecular complexity index is 490. The standard InChI is InChI=1S/C20H32O5/c1-2-3-6-9-15(21)12-13-17-16(18(22)14-19(17)23)10-7-4-5-8-11-20(24)25/h4,7,12,15-16,18-19,21-23H,2-3,5-6,8-11,14H2,1H3,(H,24,25)/b7-4-/t13?,15-,16?,18-,19+/m0/s1. The Balaban J connectivity index is 2.58. The highest BCUT2D eigenvalue weighted by atomic mass is 16.4. The van der Waals surface area contributed by atoms with Gasteiger partial charge in [-0.2, -0.15) is 0 Å². The van der Waals surface area contributed by atoms with Crippen molar-refractivity contribution in [3.05, 3.63) is 29.5 Å². The highest BCUT2D eigenvalue weighted by Gasteiger charge is 2.35. The summed E-state index contributed by atoms with van der Waals surface area (Å²) >= 11 is 0. The molecule has 4 atom stereocenters. The number of hydrogen-bond acceptors (Lipinski definition) is 4. The lowest BCUT2D eigenvalue weighted by Gasteiger charge is -2.13. The molecule has 1 unspecified atom stereocenters. The largest absolute Gasteiger partial charge is 0.481 e. The Hall–Kier alpha value is -1.39. The number of carbonyl (C=O) groups is 1. The van der Waals surface area contributed by atoms with E-state index in [0.717, 1.165) is 19.3 Å². The molecule has 0 aliphatic heterocycles. The Morgan fingerprint density at radius 1 is 1.28 bits per heavy atom. The molecule has 0 saturated heterocycles. The summed E-state index contributed by atoms with van der Waals surface area (Å²) in [6, 6.07) is 0. The van der Waals surface area contributed by atoms with Crippen LogP contribution in [-0.4, -0.2) is 44.7 Å². The van der Waals surface area contributed by atoms with Gasteiger partial charge in [-0.3, -0.25) is 4.79 Å². The summed E-state index contributed by atoms with van der Waals surface area (Å²) in [4.78, 5) is 10.5. The topological polar surface area (TPSA) is 98.0 Å². The first-order valence-corrected chi connectivity index (χ1v) is 9.33. The zero-order valence-corrected chi connectivity index (χ0v) is 15.1. The maximum Gasteiger partial charge on any atom is 0.303 e. The minimum Gasteiger partial charge on any atom is -0.481 e. The third-order valence-corrected chi connectivity index (χ3v) is 4.55. The van der Waals surface area contributed by atoms with Crippen molar-refractivity contribution in [2.75, 3.05) is 0 Å². The number of carboxylic acids is 1. The molecule has 0 heterocycles. The van der Waals surface area contributed by atoms with Crippen LogP contribution in [0.4, 0.5) is 0 Å². The molecule has 1 fully saturated rings. The second-order valence-corrected chi connectivity index (χ2v) is 6.75. The normalized spacial score (nSPS) is 24.5. The van der Waals surface area contributed by atoms with Gasteiger partial charge < -0.3 is 20.4 Å². The quantitative estimate of drug-likeness (QED) is 0.260. The van der Waals surface area contributed by atoms with Crippen molar-refractivity contribution < 1.29 is 25.2 Å². The molecule has 4 N–H and O–H groups in total. The second-order valence-electron chi connectivity index (χ2n) is 6.75. The van der Waals surface area contributed by atoms with E-state index < -0.39 is 24.3 Å². The Morgan fingerprint density at radius 2 is 2.04 bits per heavy atom. The van der Waals surface area contributed by atoms with E-state index in [-0.39, 0.29) is 12.3 Å². The lowest BCUT2D eigenvalue weighted by Crippen LogP contribution is -2.13. The van der Waals surface area contributed by atoms with Crippen LogP contribution in [0.5, 0.6) is 0 Å². The van der Waals surface area contributed by atoms with Gasteiger partial charge in [0.1, 0.15) is 0 Å². The van der Waals surface area contributed by atoms with Crippen molar-refractivity contribution in [1.82, 2.24) is 0 Å². The molecule has 0 spiro atoms. The van der Waals surface area contributed by atoms with E-state index in [1.807, 2.05) is 12.2 Å². The predicted molar refractivity (Wildman–Crippen MR) is 97.1 cm³/mol. The van der Waals surface area contributed by atoms with Gasteiger partial charge in [0.05, 0.1) is 18.3 Å². The van der Waals surface area contributed by atoms with Gasteiger partial charge in [0.15, 0.2) is 0 Å². The molecule has 25 heavy (non-hydrogen) atoms. The summed E-state index contributed by atoms with van der Waals surface area (Å²) in [7, 11) is 0. The number of carboxylic acid groups (broad SMARTS) is 1. The molecule has 0 aromatic carbocycles. The molecular formula is C20H32O5. The summed E-state index contributed by atoms with van der Waals surface area (Å²) in [5.74, 6) is -1.000. The van der Waals surface area contributed by atoms with E-state index >= 15 is 0 Å². The van der Waals surface area contributed by atoms with E-state index in [1.165, 1.54) is 0 Å². The van der Waals surface area contributed by atoms with Crippen molar-refractivity contribution in [2.45, 2.75) is 83.0 Å². The van der Waals surface area contributed by atoms with Gasteiger partial charge in [0.25, 0.3) is 0 Å². The molecule has 1 saturated carbocycles. The van der Waals surface area contributed by atoms with Gasteiger partial charge in [-0.05, 0) is 31.8 Å². The Morgan fingerprint density at radius 3 is 2.72 bits per heavy atom. The Labute approximate surface area is 150 Å². The summed E-state index contributed by atoms with van der Waals surface area (Å²) < 4.78 is 0. The lowest BCUT2D eigenvalue weighted by molar-refractivity contribution is -0.137. The van der Waals surface area contributed by atoms with Crippen LogP contribution in [0.25, 0.3) is 0 Å². The van der Waals surface area contributed by atoms with Crippen molar-refractivity contribution in [3.8, 4) is 0 Å². The number of aliphatic hydroxyl groups excluding tert-OH is 3. The average Bonchev–Trinajstić information content (AvgIpc) is 2.82. The smallest absolute Gasteiger partial charge is 0.303 e. The molecular weight excluding hydrogens is 320 g/mol. The van der Waals surface area contributed by atoms with Gasteiger partial charge in [0, 0.05) is 24.3 Å². The summed E-state index contributed by atoms with van der Waals surface area (Å²) in [5, 5.41) is 38.8. The van der Waals surface area contributed by atoms with Crippen LogP contribution in [0.2, 0.25) is 0 Å². The number of unbranched alkanes of at least 4 members (excludes halogenated alkanes) is 3. The zero-order chi connectivity index (χ0) is 18.7. The zero-order valence-electron chi connectivity index (χ0n) is 15.1. The fraction of sp³-hybridized carbons (Fsp3) is 0.700. The van der Waals surface area contributed by atoms with E-state index in [9.17, 15) is 20.1 Å². The molecule has 1 aliphatic rings. The van der Waals surface area contributed by atoms with Gasteiger partial charge in [0.2, 0.25) is 0 Å². The molecule has 5 heteroatoms. The van der Waals surface area contributed by atoms with E-state index in [0.29, 0.717) is 37.7 Å². The molecule has 0 aromatic heterocycles. The Kier molecular flexibility index (Phi) is 10.4. The van der Waals surface area contributed by atoms with E-state index in [1.54, 1.807) is 6.08 Å². The molecule has 0 bridgehead atoms. The molecule has 142 valence electrons. The van der Waals surface area contributed by atoms with Crippen LogP contribution in [0, 0.1) is 5.92 Å². The van der Waals surface area contributed by atoms with Gasteiger partial charge in [-0.1, -0.05) is 38.3 Å². The summed E-state index contributed by atoms with van der Waals surface area (Å²) in [5.41, 5.74) is 3.68. The first kappa shape index (κ1) is 21.7. The number of rotatable bonds is 11. The van der Waals surface area contributed by atoms with E-state index in [2.05, 4.69) is 12.7 Å². The van der Waals surface area contributed by atoms with Crippen molar-refractivity contribution in [1.29, 1.82) is 0 Å². The summed E-state index contributed by atoms with van der Waals surface area (Å²) in [6.45, 7) is 2.11. The molecule has 5 nitrogen and oxygen atoms in total. The number of hydrogen-bond donors (Lipinski definition) is 4. The number of aliphatic hydroxyl groups is 3. The molecule has 1 rings (SSSR count). The van der Waals surface area contributed by atoms with Crippen LogP contribution >= 0.6 is 0 Å². The van der Waals surface area contributed by atoms with Crippen molar-refractivity contribution in [3.63, 3.8) is 0 Å². The average molecular weight is 352 g/mol. The minimum absolute atomic E-state index is 0.152. The fourth-order valence-corrected chi connectivity index (χ4v) is 3.07. The lowest BCUT2D eigenvalue weighted by atomic mass is 9.96. The van der Waals surface area contributed by atoms with Crippen molar-refractivity contribution >= 4 is 5.97 Å². The number of allylic oxidation sites excluding steroid dienone is 2. The molecule has 0 aromatic rings. The first-order valence-electron chi connectivity index (χ1n) is 9.33. The molecule has 1 aliphatic carbocycles. The van der Waals surface area contributed by atoms with Crippen LogP contribution in [0.1, 0.15) is 64.7 Å². The SMILES string of the molecule is CCCCC[C@H](O)C=C=C1C(C/C=C\CCCC(=O)O)[C@@H](O)C[C@H]1O. The maximum absolute atomic E-state index is 10.5. The van der Waals surface area contributed by atoms with Crippen molar-refractivity contribution in [2.24, 2.45) is 5.92 Å². The maximum atomic E-state index is 10.5. The van der Waals surface area contributed by atoms with Gasteiger partial charge in [-0.25, -0.2) is 0 Å². The van der Waals surface area contributed by atoms with Crippen LogP contribution < -0.4 is 0 Å². The number of aliphatic carboxylic acids is 1. The monoisotopic (exact) mass is 352 g/mol. The predicted octanol–water partition coefficient (Wildman–Crippen LogP) is 2.95. The van der Waals surface area contributed by atoms with Gasteiger partial charge >= 0.3 is 5.97 Å². The second kappa shape index (κ2) is 12.0. The van der Waals surface area contributed by atoms with Crippen LogP contribution in [-0.2, 0) is 4.79 Å². The first-order chi connectivity index (χ1) is 12.0. The highest BCUT2D eigenvalue weighted by Crippen LogP contribution is 2.34. The molecule has 0 radical (unpaired) electrons. The summed E-state index contributed by atoms with van der Waals surface area (Å²) in [6.07, 6.45) is 9.64. The third kappa shape index (κ3) is 8.50. The highest BCUT2D eigenvalue weighted by molar-refractivity contribution is 5.66. The van der Waals surface area contributed by atoms with Crippen LogP contribution in [0.15, 0.2) is 29.5 Å². The van der Waals surface area contributed by atoms with Crippen LogP contribution in [0.3, 0.4) is 0 Å². The molecule has 0 amide bonds. The van der Waals surface area contributed by atoms with Gasteiger partial charge in [-0.15, -0.1) is 5.73 Å². The van der Waals surface area contributed by atoms with E-state index in [4.69, 9.17) is 5.11 Å². The third-order valence-electron chi connectivity index (χ3n) is 4.55. The minimum atomic E-state index is -0.796. The fourth-order valence-electron chi connectivity index (χ4n) is 3.07.